The average Bonchev–Trinajstić information content (AvgIpc) is 2.72. The number of carbonyl (C=O) groups excluding carboxylic acids is 1. The zero-order chi connectivity index (χ0) is 16.4. The first-order chi connectivity index (χ1) is 10.3. The fraction of sp³-hybridized carbons (Fsp3) is 0.294. The van der Waals surface area contributed by atoms with Crippen molar-refractivity contribution >= 4 is 17.6 Å². The quantitative estimate of drug-likeness (QED) is 0.944. The van der Waals surface area contributed by atoms with Crippen LogP contribution >= 0.6 is 0 Å². The van der Waals surface area contributed by atoms with Crippen LogP contribution in [0, 0.1) is 13.8 Å². The highest BCUT2D eigenvalue weighted by molar-refractivity contribution is 5.97. The molecule has 0 spiro atoms. The minimum atomic E-state index is -1.00. The van der Waals surface area contributed by atoms with Crippen molar-refractivity contribution in [3.63, 3.8) is 0 Å². The number of nitrogens with zero attached hydrogens (tertiary/aromatic N) is 2. The van der Waals surface area contributed by atoms with E-state index in [0.717, 1.165) is 11.3 Å². The number of likely N-dealkylation sites (N-methyl/N-ethyl adjacent to an activating group) is 1. The highest BCUT2D eigenvalue weighted by Crippen LogP contribution is 2.20. The van der Waals surface area contributed by atoms with Gasteiger partial charge in [0.1, 0.15) is 0 Å². The maximum atomic E-state index is 12.5. The number of carbonyl (C=O) groups is 2. The Morgan fingerprint density at radius 3 is 2.55 bits per heavy atom. The van der Waals surface area contributed by atoms with Crippen LogP contribution in [0.5, 0.6) is 0 Å². The van der Waals surface area contributed by atoms with Crippen molar-refractivity contribution in [3.8, 4) is 0 Å². The maximum absolute atomic E-state index is 12.5. The van der Waals surface area contributed by atoms with E-state index < -0.39 is 5.97 Å². The van der Waals surface area contributed by atoms with Crippen LogP contribution in [0.4, 0.5) is 5.69 Å². The molecular weight excluding hydrogens is 280 g/mol. The van der Waals surface area contributed by atoms with Gasteiger partial charge in [0.25, 0.3) is 0 Å². The summed E-state index contributed by atoms with van der Waals surface area (Å²) in [5, 5.41) is 9.33. The van der Waals surface area contributed by atoms with E-state index >= 15 is 0 Å². The van der Waals surface area contributed by atoms with Gasteiger partial charge in [0, 0.05) is 31.7 Å². The van der Waals surface area contributed by atoms with Crippen LogP contribution in [0.3, 0.4) is 0 Å². The van der Waals surface area contributed by atoms with Crippen LogP contribution in [-0.4, -0.2) is 28.6 Å². The van der Waals surface area contributed by atoms with Crippen molar-refractivity contribution in [2.75, 3.05) is 11.9 Å². The molecule has 0 atom stereocenters. The second-order valence-corrected chi connectivity index (χ2v) is 5.52. The molecule has 0 fully saturated rings. The smallest absolute Gasteiger partial charge is 0.337 e. The van der Waals surface area contributed by atoms with E-state index in [1.807, 2.05) is 31.2 Å². The summed E-state index contributed by atoms with van der Waals surface area (Å²) >= 11 is 0. The molecule has 1 heterocycles. The third-order valence-corrected chi connectivity index (χ3v) is 3.79. The van der Waals surface area contributed by atoms with Gasteiger partial charge in [-0.25, -0.2) is 4.79 Å². The number of anilines is 1. The molecule has 0 aliphatic heterocycles. The second-order valence-electron chi connectivity index (χ2n) is 5.52. The second kappa shape index (κ2) is 6.05. The van der Waals surface area contributed by atoms with Crippen LogP contribution in [0.15, 0.2) is 30.5 Å². The van der Waals surface area contributed by atoms with Gasteiger partial charge >= 0.3 is 5.97 Å². The Kier molecular flexibility index (Phi) is 4.35. The average molecular weight is 300 g/mol. The standard InChI is InChI=1S/C17H20N2O3/c1-11-6-5-7-13(8-11)19(4)15(20)9-14-16(17(21)22)12(2)10-18(14)3/h5-8,10H,9H2,1-4H3,(H,21,22). The lowest BCUT2D eigenvalue weighted by Crippen LogP contribution is -2.29. The molecule has 0 aliphatic carbocycles. The molecule has 0 radical (unpaired) electrons. The summed E-state index contributed by atoms with van der Waals surface area (Å²) in [4.78, 5) is 25.4. The van der Waals surface area contributed by atoms with E-state index in [9.17, 15) is 14.7 Å². The molecule has 2 rings (SSSR count). The zero-order valence-corrected chi connectivity index (χ0v) is 13.3. The SMILES string of the molecule is Cc1cccc(N(C)C(=O)Cc2c(C(=O)O)c(C)cn2C)c1. The van der Waals surface area contributed by atoms with Crippen LogP contribution in [-0.2, 0) is 18.3 Å². The molecule has 5 heteroatoms. The molecule has 0 aliphatic rings. The number of aryl methyl sites for hydroxylation is 3. The van der Waals surface area contributed by atoms with Gasteiger partial charge in [-0.1, -0.05) is 12.1 Å². The Balaban J connectivity index is 2.28. The number of benzene rings is 1. The molecule has 0 saturated carbocycles. The van der Waals surface area contributed by atoms with Crippen molar-refractivity contribution in [1.29, 1.82) is 0 Å². The maximum Gasteiger partial charge on any atom is 0.337 e. The highest BCUT2D eigenvalue weighted by atomic mass is 16.4. The first-order valence-electron chi connectivity index (χ1n) is 7.02. The van der Waals surface area contributed by atoms with Crippen molar-refractivity contribution in [2.24, 2.45) is 7.05 Å². The van der Waals surface area contributed by atoms with Crippen molar-refractivity contribution in [1.82, 2.24) is 4.57 Å². The van der Waals surface area contributed by atoms with E-state index in [4.69, 9.17) is 0 Å². The lowest BCUT2D eigenvalue weighted by atomic mass is 10.1. The van der Waals surface area contributed by atoms with E-state index in [1.54, 1.807) is 36.7 Å². The molecule has 0 saturated heterocycles. The van der Waals surface area contributed by atoms with Crippen molar-refractivity contribution in [3.05, 3.63) is 52.8 Å². The molecule has 0 unspecified atom stereocenters. The van der Waals surface area contributed by atoms with Crippen molar-refractivity contribution < 1.29 is 14.7 Å². The van der Waals surface area contributed by atoms with Crippen LogP contribution in [0.2, 0.25) is 0 Å². The summed E-state index contributed by atoms with van der Waals surface area (Å²) in [6.45, 7) is 3.70. The lowest BCUT2D eigenvalue weighted by molar-refractivity contribution is -0.117. The fourth-order valence-corrected chi connectivity index (χ4v) is 2.58. The Morgan fingerprint density at radius 1 is 1.27 bits per heavy atom. The van der Waals surface area contributed by atoms with E-state index in [0.29, 0.717) is 11.3 Å². The minimum absolute atomic E-state index is 0.0520. The van der Waals surface area contributed by atoms with Crippen LogP contribution < -0.4 is 4.90 Å². The first-order valence-corrected chi connectivity index (χ1v) is 7.02. The summed E-state index contributed by atoms with van der Waals surface area (Å²) in [6.07, 6.45) is 1.79. The Hall–Kier alpha value is -2.56. The monoisotopic (exact) mass is 300 g/mol. The summed E-state index contributed by atoms with van der Waals surface area (Å²) in [6, 6.07) is 7.64. The molecule has 1 aromatic carbocycles. The predicted molar refractivity (Wildman–Crippen MR) is 85.4 cm³/mol. The molecule has 5 nitrogen and oxygen atoms in total. The van der Waals surface area contributed by atoms with Crippen LogP contribution in [0.1, 0.15) is 27.2 Å². The van der Waals surface area contributed by atoms with Gasteiger partial charge in [-0.15, -0.1) is 0 Å². The van der Waals surface area contributed by atoms with Crippen LogP contribution in [0.25, 0.3) is 0 Å². The normalized spacial score (nSPS) is 10.5. The zero-order valence-electron chi connectivity index (χ0n) is 13.3. The summed E-state index contributed by atoms with van der Waals surface area (Å²) in [5.74, 6) is -1.14. The van der Waals surface area contributed by atoms with Gasteiger partial charge in [0.15, 0.2) is 0 Å². The third kappa shape index (κ3) is 3.03. The van der Waals surface area contributed by atoms with E-state index in [2.05, 4.69) is 0 Å². The molecule has 116 valence electrons. The van der Waals surface area contributed by atoms with Gasteiger partial charge in [-0.2, -0.15) is 0 Å². The number of carboxylic acid groups (broad SMARTS) is 1. The number of rotatable bonds is 4. The summed E-state index contributed by atoms with van der Waals surface area (Å²) in [7, 11) is 3.46. The number of hydrogen-bond donors (Lipinski definition) is 1. The lowest BCUT2D eigenvalue weighted by Gasteiger charge is -2.18. The van der Waals surface area contributed by atoms with Gasteiger partial charge < -0.3 is 14.6 Å². The molecule has 1 aromatic heterocycles. The molecule has 1 N–H and O–H groups in total. The Morgan fingerprint density at radius 2 is 1.95 bits per heavy atom. The number of aromatic carboxylic acids is 1. The Bertz CT molecular complexity index is 732. The number of carboxylic acids is 1. The fourth-order valence-electron chi connectivity index (χ4n) is 2.58. The van der Waals surface area contributed by atoms with Gasteiger partial charge in [-0.3, -0.25) is 4.79 Å². The summed E-state index contributed by atoms with van der Waals surface area (Å²) < 4.78 is 1.71. The summed E-state index contributed by atoms with van der Waals surface area (Å²) in [5.41, 5.74) is 3.27. The molecule has 1 amide bonds. The van der Waals surface area contributed by atoms with Gasteiger partial charge in [0.2, 0.25) is 5.91 Å². The minimum Gasteiger partial charge on any atom is -0.478 e. The number of amides is 1. The topological polar surface area (TPSA) is 62.5 Å². The highest BCUT2D eigenvalue weighted by Gasteiger charge is 2.22. The van der Waals surface area contributed by atoms with E-state index in [1.165, 1.54) is 0 Å². The number of hydrogen-bond acceptors (Lipinski definition) is 2. The molecule has 22 heavy (non-hydrogen) atoms. The molecule has 2 aromatic rings. The van der Waals surface area contributed by atoms with Gasteiger partial charge in [-0.05, 0) is 37.1 Å². The largest absolute Gasteiger partial charge is 0.478 e. The first kappa shape index (κ1) is 15.8. The Labute approximate surface area is 129 Å². The van der Waals surface area contributed by atoms with Crippen molar-refractivity contribution in [2.45, 2.75) is 20.3 Å². The third-order valence-electron chi connectivity index (χ3n) is 3.79. The van der Waals surface area contributed by atoms with E-state index in [-0.39, 0.29) is 17.9 Å². The number of aromatic nitrogens is 1. The van der Waals surface area contributed by atoms with Gasteiger partial charge in [0.05, 0.1) is 12.0 Å². The molecular formula is C17H20N2O3. The molecule has 0 bridgehead atoms. The predicted octanol–water partition coefficient (Wildman–Crippen LogP) is 2.55.